The minimum Gasteiger partial charge on any atom is -0.455 e. The molecule has 59 heavy (non-hydrogen) atoms. The number of nitrogens with zero attached hydrogens (tertiary/aromatic N) is 1. The Labute approximate surface area is 340 Å². The Morgan fingerprint density at radius 1 is 0.373 bits per heavy atom. The van der Waals surface area contributed by atoms with Crippen molar-refractivity contribution in [1.82, 2.24) is 0 Å². The molecule has 276 valence electrons. The van der Waals surface area contributed by atoms with E-state index < -0.39 is 5.41 Å². The smallest absolute Gasteiger partial charge is 0.194 e. The first-order valence-electron chi connectivity index (χ1n) is 20.1. The number of fused-ring (bicyclic) bond motifs is 15. The molecule has 1 spiro atoms. The minimum absolute atomic E-state index is 0.466. The molecule has 0 saturated heterocycles. The number of hydrogen-bond donors (Lipinski definition) is 0. The fourth-order valence-corrected chi connectivity index (χ4v) is 10.1. The molecule has 9 aromatic carbocycles. The summed E-state index contributed by atoms with van der Waals surface area (Å²) in [5, 5.41) is 2.24. The standard InChI is InChI=1S/C55H33NO3/c1-2-14-35(15-3-1)56(36-30-28-34(29-31-36)37-20-12-21-42-41-19-7-11-26-49(41)58-53(37)42)48-25-13-27-50-54(48)59-51-32-43-40-18-6-10-24-46(40)55(47(43)33-52(51)57-50)44-22-8-4-16-38(44)39-17-5-9-23-45(39)55/h1-33H. The maximum atomic E-state index is 7.05. The zero-order valence-corrected chi connectivity index (χ0v) is 31.7. The van der Waals surface area contributed by atoms with Crippen LogP contribution in [0.25, 0.3) is 55.3 Å². The number of ether oxygens (including phenoxy) is 2. The Bertz CT molecular complexity index is 3300. The van der Waals surface area contributed by atoms with Crippen LogP contribution in [-0.4, -0.2) is 0 Å². The molecular formula is C55H33NO3. The molecule has 10 aromatic rings. The topological polar surface area (TPSA) is 34.8 Å². The van der Waals surface area contributed by atoms with Gasteiger partial charge >= 0.3 is 0 Å². The van der Waals surface area contributed by atoms with Crippen LogP contribution in [0, 0.1) is 0 Å². The fourth-order valence-electron chi connectivity index (χ4n) is 10.1. The predicted molar refractivity (Wildman–Crippen MR) is 237 cm³/mol. The van der Waals surface area contributed by atoms with Gasteiger partial charge in [-0.2, -0.15) is 0 Å². The lowest BCUT2D eigenvalue weighted by Gasteiger charge is -2.32. The van der Waals surface area contributed by atoms with Gasteiger partial charge in [-0.3, -0.25) is 0 Å². The van der Waals surface area contributed by atoms with Crippen molar-refractivity contribution in [3.8, 4) is 56.4 Å². The molecular weight excluding hydrogens is 723 g/mol. The zero-order valence-electron chi connectivity index (χ0n) is 31.7. The van der Waals surface area contributed by atoms with Crippen molar-refractivity contribution in [3.63, 3.8) is 0 Å². The number of rotatable bonds is 4. The van der Waals surface area contributed by atoms with Gasteiger partial charge in [0, 0.05) is 27.7 Å². The summed E-state index contributed by atoms with van der Waals surface area (Å²) in [7, 11) is 0. The highest BCUT2D eigenvalue weighted by Crippen LogP contribution is 2.65. The summed E-state index contributed by atoms with van der Waals surface area (Å²) in [5.74, 6) is 2.73. The van der Waals surface area contributed by atoms with E-state index in [4.69, 9.17) is 13.9 Å². The van der Waals surface area contributed by atoms with E-state index in [0.717, 1.165) is 55.7 Å². The molecule has 0 amide bonds. The molecule has 4 nitrogen and oxygen atoms in total. The molecule has 0 radical (unpaired) electrons. The van der Waals surface area contributed by atoms with E-state index in [-0.39, 0.29) is 0 Å². The minimum atomic E-state index is -0.466. The van der Waals surface area contributed by atoms with Crippen LogP contribution in [0.1, 0.15) is 22.3 Å². The maximum Gasteiger partial charge on any atom is 0.194 e. The first-order chi connectivity index (χ1) is 29.3. The molecule has 3 aliphatic rings. The lowest BCUT2D eigenvalue weighted by molar-refractivity contribution is 0.360. The Morgan fingerprint density at radius 3 is 1.69 bits per heavy atom. The number of hydrogen-bond acceptors (Lipinski definition) is 4. The van der Waals surface area contributed by atoms with Crippen molar-refractivity contribution < 1.29 is 13.9 Å². The van der Waals surface area contributed by atoms with Gasteiger partial charge in [0.15, 0.2) is 23.0 Å². The van der Waals surface area contributed by atoms with E-state index in [2.05, 4.69) is 175 Å². The quantitative estimate of drug-likeness (QED) is 0.179. The van der Waals surface area contributed by atoms with E-state index >= 15 is 0 Å². The third kappa shape index (κ3) is 4.43. The van der Waals surface area contributed by atoms with E-state index in [1.54, 1.807) is 0 Å². The van der Waals surface area contributed by atoms with Crippen molar-refractivity contribution in [3.05, 3.63) is 222 Å². The van der Waals surface area contributed by atoms with E-state index in [1.165, 1.54) is 38.9 Å². The van der Waals surface area contributed by atoms with Gasteiger partial charge in [-0.15, -0.1) is 0 Å². The maximum absolute atomic E-state index is 7.05. The Morgan fingerprint density at radius 2 is 0.949 bits per heavy atom. The molecule has 1 aliphatic heterocycles. The Hall–Kier alpha value is -7.82. The van der Waals surface area contributed by atoms with Crippen LogP contribution in [0.15, 0.2) is 205 Å². The second-order valence-corrected chi connectivity index (χ2v) is 15.5. The third-order valence-corrected chi connectivity index (χ3v) is 12.5. The third-order valence-electron chi connectivity index (χ3n) is 12.5. The van der Waals surface area contributed by atoms with Crippen LogP contribution in [0.2, 0.25) is 0 Å². The summed E-state index contributed by atoms with van der Waals surface area (Å²) in [5.41, 5.74) is 16.3. The monoisotopic (exact) mass is 755 g/mol. The molecule has 0 bridgehead atoms. The lowest BCUT2D eigenvalue weighted by Crippen LogP contribution is -2.25. The SMILES string of the molecule is c1ccc(N(c2ccc(-c3cccc4c3oc3ccccc34)cc2)c2cccc3c2Oc2cc4c(cc2O3)C2(c3ccccc3-c3ccccc32)c2ccccc2-4)cc1. The van der Waals surface area contributed by atoms with Crippen molar-refractivity contribution in [1.29, 1.82) is 0 Å². The second kappa shape index (κ2) is 12.1. The highest BCUT2D eigenvalue weighted by Gasteiger charge is 2.52. The Kier molecular flexibility index (Phi) is 6.62. The van der Waals surface area contributed by atoms with Crippen LogP contribution in [0.5, 0.6) is 23.0 Å². The summed E-state index contributed by atoms with van der Waals surface area (Å²) >= 11 is 0. The number of furan rings is 1. The first-order valence-corrected chi connectivity index (χ1v) is 20.1. The van der Waals surface area contributed by atoms with Gasteiger partial charge in [-0.1, -0.05) is 146 Å². The highest BCUT2D eigenvalue weighted by atomic mass is 16.6. The Balaban J connectivity index is 0.937. The molecule has 0 atom stereocenters. The molecule has 0 unspecified atom stereocenters. The summed E-state index contributed by atoms with van der Waals surface area (Å²) in [4.78, 5) is 2.24. The zero-order chi connectivity index (χ0) is 38.7. The summed E-state index contributed by atoms with van der Waals surface area (Å²) in [6.07, 6.45) is 0. The molecule has 0 fully saturated rings. The van der Waals surface area contributed by atoms with Crippen LogP contribution < -0.4 is 14.4 Å². The molecule has 1 aromatic heterocycles. The average molecular weight is 756 g/mol. The highest BCUT2D eigenvalue weighted by molar-refractivity contribution is 6.09. The molecule has 0 N–H and O–H groups in total. The molecule has 13 rings (SSSR count). The molecule has 0 saturated carbocycles. The molecule has 4 heteroatoms. The van der Waals surface area contributed by atoms with E-state index in [9.17, 15) is 0 Å². The predicted octanol–water partition coefficient (Wildman–Crippen LogP) is 15.0. The van der Waals surface area contributed by atoms with Gasteiger partial charge in [0.05, 0.1) is 11.1 Å². The number of benzene rings is 9. The molecule has 2 heterocycles. The van der Waals surface area contributed by atoms with Crippen LogP contribution in [-0.2, 0) is 5.41 Å². The van der Waals surface area contributed by atoms with Gasteiger partial charge in [-0.25, -0.2) is 0 Å². The number of anilines is 3. The van der Waals surface area contributed by atoms with Crippen LogP contribution >= 0.6 is 0 Å². The normalized spacial score (nSPS) is 13.5. The first kappa shape index (κ1) is 32.3. The average Bonchev–Trinajstić information content (AvgIpc) is 3.92. The van der Waals surface area contributed by atoms with Gasteiger partial charge in [0.2, 0.25) is 0 Å². The van der Waals surface area contributed by atoms with Crippen LogP contribution in [0.4, 0.5) is 17.1 Å². The fraction of sp³-hybridized carbons (Fsp3) is 0.0182. The molecule has 2 aliphatic carbocycles. The summed E-state index contributed by atoms with van der Waals surface area (Å²) in [6, 6.07) is 70.8. The van der Waals surface area contributed by atoms with E-state index in [0.29, 0.717) is 23.0 Å². The van der Waals surface area contributed by atoms with Crippen molar-refractivity contribution >= 4 is 39.0 Å². The van der Waals surface area contributed by atoms with E-state index in [1.807, 2.05) is 30.3 Å². The summed E-state index contributed by atoms with van der Waals surface area (Å²) in [6.45, 7) is 0. The largest absolute Gasteiger partial charge is 0.455 e. The van der Waals surface area contributed by atoms with Gasteiger partial charge in [0.1, 0.15) is 11.2 Å². The van der Waals surface area contributed by atoms with Gasteiger partial charge in [0.25, 0.3) is 0 Å². The number of para-hydroxylation sites is 4. The van der Waals surface area contributed by atoms with Crippen molar-refractivity contribution in [2.75, 3.05) is 4.90 Å². The second-order valence-electron chi connectivity index (χ2n) is 15.5. The lowest BCUT2D eigenvalue weighted by atomic mass is 9.70. The summed E-state index contributed by atoms with van der Waals surface area (Å²) < 4.78 is 20.4. The van der Waals surface area contributed by atoms with Gasteiger partial charge < -0.3 is 18.8 Å². The van der Waals surface area contributed by atoms with Crippen molar-refractivity contribution in [2.24, 2.45) is 0 Å². The van der Waals surface area contributed by atoms with Crippen molar-refractivity contribution in [2.45, 2.75) is 5.41 Å². The van der Waals surface area contributed by atoms with Crippen LogP contribution in [0.3, 0.4) is 0 Å². The van der Waals surface area contributed by atoms with Gasteiger partial charge in [-0.05, 0) is 105 Å².